The number of nitrogens with one attached hydrogen (secondary N) is 1. The highest BCUT2D eigenvalue weighted by atomic mass is 16.6. The summed E-state index contributed by atoms with van der Waals surface area (Å²) in [6.07, 6.45) is 5.35. The molecule has 23 heavy (non-hydrogen) atoms. The molecule has 1 rings (SSSR count). The fraction of sp³-hybridized carbons (Fsp3) is 0.438. The first-order valence-corrected chi connectivity index (χ1v) is 7.20. The SMILES string of the molecule is COC(=O)c1cc(C=CCCNC(=O)OC(C)(C)C)cnc1N. The van der Waals surface area contributed by atoms with Gasteiger partial charge in [-0.3, -0.25) is 0 Å². The maximum absolute atomic E-state index is 11.5. The molecule has 7 nitrogen and oxygen atoms in total. The Hall–Kier alpha value is -2.57. The number of hydrogen-bond acceptors (Lipinski definition) is 6. The first-order valence-electron chi connectivity index (χ1n) is 7.20. The van der Waals surface area contributed by atoms with E-state index in [-0.39, 0.29) is 11.4 Å². The third-order valence-corrected chi connectivity index (χ3v) is 2.63. The maximum atomic E-state index is 11.5. The zero-order valence-electron chi connectivity index (χ0n) is 13.9. The second kappa shape index (κ2) is 8.17. The normalized spacial score (nSPS) is 11.3. The van der Waals surface area contributed by atoms with Gasteiger partial charge in [0, 0.05) is 12.7 Å². The van der Waals surface area contributed by atoms with Crippen LogP contribution in [0.1, 0.15) is 43.1 Å². The van der Waals surface area contributed by atoms with E-state index in [1.807, 2.05) is 6.08 Å². The van der Waals surface area contributed by atoms with E-state index in [1.165, 1.54) is 7.11 Å². The lowest BCUT2D eigenvalue weighted by Crippen LogP contribution is -2.32. The molecule has 0 aliphatic rings. The van der Waals surface area contributed by atoms with Gasteiger partial charge in [-0.05, 0) is 38.8 Å². The molecular formula is C16H23N3O4. The van der Waals surface area contributed by atoms with Crippen LogP contribution in [0.2, 0.25) is 0 Å². The van der Waals surface area contributed by atoms with Crippen molar-refractivity contribution >= 4 is 24.0 Å². The van der Waals surface area contributed by atoms with E-state index in [0.717, 1.165) is 5.56 Å². The Balaban J connectivity index is 2.50. The first-order chi connectivity index (χ1) is 10.7. The highest BCUT2D eigenvalue weighted by Crippen LogP contribution is 2.13. The van der Waals surface area contributed by atoms with Crippen LogP contribution in [0, 0.1) is 0 Å². The number of amides is 1. The number of carbonyl (C=O) groups excluding carboxylic acids is 2. The lowest BCUT2D eigenvalue weighted by atomic mass is 10.1. The van der Waals surface area contributed by atoms with E-state index in [9.17, 15) is 9.59 Å². The molecule has 1 aromatic rings. The van der Waals surface area contributed by atoms with Crippen LogP contribution in [-0.2, 0) is 9.47 Å². The lowest BCUT2D eigenvalue weighted by Gasteiger charge is -2.19. The van der Waals surface area contributed by atoms with Gasteiger partial charge in [-0.1, -0.05) is 12.2 Å². The summed E-state index contributed by atoms with van der Waals surface area (Å²) < 4.78 is 9.76. The Morgan fingerprint density at radius 3 is 2.70 bits per heavy atom. The van der Waals surface area contributed by atoms with Crippen molar-refractivity contribution in [3.05, 3.63) is 29.5 Å². The van der Waals surface area contributed by atoms with Gasteiger partial charge in [-0.25, -0.2) is 14.6 Å². The Bertz CT molecular complexity index is 591. The van der Waals surface area contributed by atoms with Crippen LogP contribution in [0.5, 0.6) is 0 Å². The standard InChI is InChI=1S/C16H23N3O4/c1-16(2,3)23-15(21)18-8-6-5-7-11-9-12(14(20)22-4)13(17)19-10-11/h5,7,9-10H,6,8H2,1-4H3,(H2,17,19)(H,18,21). The van der Waals surface area contributed by atoms with E-state index < -0.39 is 17.7 Å². The third kappa shape index (κ3) is 6.82. The average molecular weight is 321 g/mol. The van der Waals surface area contributed by atoms with Crippen molar-refractivity contribution in [3.63, 3.8) is 0 Å². The summed E-state index contributed by atoms with van der Waals surface area (Å²) in [5, 5.41) is 2.65. The van der Waals surface area contributed by atoms with Gasteiger partial charge in [0.25, 0.3) is 0 Å². The second-order valence-electron chi connectivity index (χ2n) is 5.81. The van der Waals surface area contributed by atoms with E-state index in [2.05, 4.69) is 15.0 Å². The number of esters is 1. The van der Waals surface area contributed by atoms with Gasteiger partial charge in [0.05, 0.1) is 7.11 Å². The molecule has 1 aromatic heterocycles. The summed E-state index contributed by atoms with van der Waals surface area (Å²) in [6, 6.07) is 1.60. The Kier molecular flexibility index (Phi) is 6.56. The van der Waals surface area contributed by atoms with Crippen LogP contribution in [0.3, 0.4) is 0 Å². The van der Waals surface area contributed by atoms with Crippen molar-refractivity contribution in [1.82, 2.24) is 10.3 Å². The third-order valence-electron chi connectivity index (χ3n) is 2.63. The number of ether oxygens (including phenoxy) is 2. The maximum Gasteiger partial charge on any atom is 0.407 e. The number of nitrogen functional groups attached to an aromatic ring is 1. The van der Waals surface area contributed by atoms with Gasteiger partial charge in [0.2, 0.25) is 0 Å². The van der Waals surface area contributed by atoms with Gasteiger partial charge in [-0.15, -0.1) is 0 Å². The second-order valence-corrected chi connectivity index (χ2v) is 5.81. The van der Waals surface area contributed by atoms with Crippen LogP contribution in [0.15, 0.2) is 18.3 Å². The molecule has 0 bridgehead atoms. The largest absolute Gasteiger partial charge is 0.465 e. The Labute approximate surface area is 135 Å². The number of nitrogens with zero attached hydrogens (tertiary/aromatic N) is 1. The van der Waals surface area contributed by atoms with Crippen molar-refractivity contribution in [3.8, 4) is 0 Å². The number of carbonyl (C=O) groups is 2. The zero-order chi connectivity index (χ0) is 17.5. The van der Waals surface area contributed by atoms with Crippen molar-refractivity contribution in [2.75, 3.05) is 19.4 Å². The first kappa shape index (κ1) is 18.5. The summed E-state index contributed by atoms with van der Waals surface area (Å²) in [5.74, 6) is -0.405. The lowest BCUT2D eigenvalue weighted by molar-refractivity contribution is 0.0527. The predicted octanol–water partition coefficient (Wildman–Crippen LogP) is 2.38. The highest BCUT2D eigenvalue weighted by molar-refractivity contribution is 5.94. The Morgan fingerprint density at radius 2 is 2.09 bits per heavy atom. The van der Waals surface area contributed by atoms with E-state index in [0.29, 0.717) is 13.0 Å². The molecular weight excluding hydrogens is 298 g/mol. The summed E-state index contributed by atoms with van der Waals surface area (Å²) in [7, 11) is 1.28. The van der Waals surface area contributed by atoms with Crippen molar-refractivity contribution in [2.24, 2.45) is 0 Å². The summed E-state index contributed by atoms with van der Waals surface area (Å²) >= 11 is 0. The fourth-order valence-electron chi connectivity index (χ4n) is 1.65. The molecule has 0 fully saturated rings. The van der Waals surface area contributed by atoms with Crippen LogP contribution in [0.25, 0.3) is 6.08 Å². The van der Waals surface area contributed by atoms with Crippen molar-refractivity contribution < 1.29 is 19.1 Å². The molecule has 3 N–H and O–H groups in total. The Morgan fingerprint density at radius 1 is 1.39 bits per heavy atom. The molecule has 0 saturated heterocycles. The molecule has 1 heterocycles. The van der Waals surface area contributed by atoms with Crippen molar-refractivity contribution in [2.45, 2.75) is 32.8 Å². The van der Waals surface area contributed by atoms with Gasteiger partial charge >= 0.3 is 12.1 Å². The minimum Gasteiger partial charge on any atom is -0.465 e. The molecule has 0 aromatic carbocycles. The van der Waals surface area contributed by atoms with Gasteiger partial charge in [0.15, 0.2) is 0 Å². The minimum absolute atomic E-state index is 0.126. The molecule has 0 radical (unpaired) electrons. The monoisotopic (exact) mass is 321 g/mol. The molecule has 0 saturated carbocycles. The van der Waals surface area contributed by atoms with Gasteiger partial charge in [-0.2, -0.15) is 0 Å². The van der Waals surface area contributed by atoms with Gasteiger partial charge in [0.1, 0.15) is 17.0 Å². The van der Waals surface area contributed by atoms with Crippen LogP contribution in [-0.4, -0.2) is 36.3 Å². The minimum atomic E-state index is -0.531. The number of methoxy groups -OCH3 is 1. The van der Waals surface area contributed by atoms with Gasteiger partial charge < -0.3 is 20.5 Å². The van der Waals surface area contributed by atoms with E-state index in [4.69, 9.17) is 10.5 Å². The molecule has 7 heteroatoms. The molecule has 0 unspecified atom stereocenters. The van der Waals surface area contributed by atoms with Crippen LogP contribution in [0.4, 0.5) is 10.6 Å². The quantitative estimate of drug-likeness (QED) is 0.637. The number of nitrogens with two attached hydrogens (primary N) is 1. The number of anilines is 1. The smallest absolute Gasteiger partial charge is 0.407 e. The number of rotatable bonds is 5. The van der Waals surface area contributed by atoms with Crippen LogP contribution >= 0.6 is 0 Å². The molecule has 0 aliphatic carbocycles. The summed E-state index contributed by atoms with van der Waals surface area (Å²) in [5.41, 5.74) is 6.06. The summed E-state index contributed by atoms with van der Waals surface area (Å²) in [6.45, 7) is 5.86. The number of pyridine rings is 1. The molecule has 126 valence electrons. The van der Waals surface area contributed by atoms with E-state index in [1.54, 1.807) is 39.1 Å². The zero-order valence-corrected chi connectivity index (χ0v) is 13.9. The predicted molar refractivity (Wildman–Crippen MR) is 87.9 cm³/mol. The molecule has 1 amide bonds. The number of aromatic nitrogens is 1. The van der Waals surface area contributed by atoms with E-state index >= 15 is 0 Å². The molecule has 0 spiro atoms. The topological polar surface area (TPSA) is 104 Å². The number of alkyl carbamates (subject to hydrolysis) is 1. The molecule has 0 aliphatic heterocycles. The summed E-state index contributed by atoms with van der Waals surface area (Å²) in [4.78, 5) is 26.9. The van der Waals surface area contributed by atoms with Crippen LogP contribution < -0.4 is 11.1 Å². The highest BCUT2D eigenvalue weighted by Gasteiger charge is 2.15. The average Bonchev–Trinajstić information content (AvgIpc) is 2.45. The fourth-order valence-corrected chi connectivity index (χ4v) is 1.65. The molecule has 0 atom stereocenters. The van der Waals surface area contributed by atoms with Crippen molar-refractivity contribution in [1.29, 1.82) is 0 Å². The number of hydrogen-bond donors (Lipinski definition) is 2.